The van der Waals surface area contributed by atoms with Crippen molar-refractivity contribution in [3.8, 4) is 0 Å². The number of ketones is 1. The maximum atomic E-state index is 12.3. The maximum absolute atomic E-state index is 12.3. The first kappa shape index (κ1) is 18.0. The average molecular weight is 382 g/mol. The Kier molecular flexibility index (Phi) is 5.94. The van der Waals surface area contributed by atoms with Gasteiger partial charge in [0.15, 0.2) is 5.78 Å². The number of hydrogen-bond acceptors (Lipinski definition) is 5. The molecule has 0 atom stereocenters. The second-order valence-electron chi connectivity index (χ2n) is 5.47. The lowest BCUT2D eigenvalue weighted by Crippen LogP contribution is -1.96. The van der Waals surface area contributed by atoms with Crippen LogP contribution in [0.25, 0.3) is 6.08 Å². The van der Waals surface area contributed by atoms with Crippen molar-refractivity contribution in [3.05, 3.63) is 86.7 Å². The third-order valence-corrected chi connectivity index (χ3v) is 4.74. The van der Waals surface area contributed by atoms with Crippen molar-refractivity contribution >= 4 is 46.8 Å². The fraction of sp³-hybridized carbons (Fsp3) is 0.0500. The van der Waals surface area contributed by atoms with Gasteiger partial charge >= 0.3 is 0 Å². The summed E-state index contributed by atoms with van der Waals surface area (Å²) >= 11 is 7.36. The molecule has 0 saturated carbocycles. The Morgan fingerprint density at radius 3 is 2.73 bits per heavy atom. The van der Waals surface area contributed by atoms with E-state index in [-0.39, 0.29) is 5.78 Å². The van der Waals surface area contributed by atoms with Gasteiger partial charge < -0.3 is 0 Å². The summed E-state index contributed by atoms with van der Waals surface area (Å²) in [5.74, 6) is 0.578. The van der Waals surface area contributed by atoms with Gasteiger partial charge in [0.1, 0.15) is 11.0 Å². The Morgan fingerprint density at radius 2 is 1.92 bits per heavy atom. The van der Waals surface area contributed by atoms with Gasteiger partial charge in [0.25, 0.3) is 0 Å². The first-order valence-corrected chi connectivity index (χ1v) is 9.11. The highest BCUT2D eigenvalue weighted by molar-refractivity contribution is 7.14. The fourth-order valence-electron chi connectivity index (χ4n) is 2.26. The largest absolute Gasteiger partial charge is 0.289 e. The summed E-state index contributed by atoms with van der Waals surface area (Å²) in [5.41, 5.74) is 4.53. The molecule has 0 fully saturated rings. The minimum Gasteiger partial charge on any atom is -0.289 e. The van der Waals surface area contributed by atoms with Gasteiger partial charge in [-0.1, -0.05) is 41.9 Å². The van der Waals surface area contributed by atoms with Crippen molar-refractivity contribution in [2.45, 2.75) is 6.92 Å². The Morgan fingerprint density at radius 1 is 1.12 bits per heavy atom. The molecule has 0 aliphatic carbocycles. The summed E-state index contributed by atoms with van der Waals surface area (Å²) in [7, 11) is 0. The van der Waals surface area contributed by atoms with Crippen LogP contribution in [-0.4, -0.2) is 17.0 Å². The summed E-state index contributed by atoms with van der Waals surface area (Å²) in [5, 5.41) is 4.55. The Balaban J connectivity index is 1.62. The van der Waals surface area contributed by atoms with Crippen molar-refractivity contribution in [3.63, 3.8) is 0 Å². The van der Waals surface area contributed by atoms with E-state index in [0.717, 1.165) is 20.9 Å². The lowest BCUT2D eigenvalue weighted by molar-refractivity contribution is 0.104. The second kappa shape index (κ2) is 8.56. The molecule has 130 valence electrons. The van der Waals surface area contributed by atoms with Gasteiger partial charge in [-0.3, -0.25) is 10.2 Å². The molecule has 0 aliphatic heterocycles. The van der Waals surface area contributed by atoms with Crippen molar-refractivity contribution in [2.75, 3.05) is 5.43 Å². The number of anilines is 1. The molecule has 2 aromatic heterocycles. The van der Waals surface area contributed by atoms with Crippen molar-refractivity contribution < 1.29 is 4.79 Å². The third kappa shape index (κ3) is 4.88. The first-order chi connectivity index (χ1) is 12.6. The smallest absolute Gasteiger partial charge is 0.186 e. The zero-order valence-corrected chi connectivity index (χ0v) is 15.6. The van der Waals surface area contributed by atoms with Gasteiger partial charge in [0.2, 0.25) is 0 Å². The van der Waals surface area contributed by atoms with Crippen LogP contribution in [0.5, 0.6) is 0 Å². The molecule has 6 heteroatoms. The molecular formula is C20H16ClN3OS. The highest BCUT2D eigenvalue weighted by Crippen LogP contribution is 2.17. The lowest BCUT2D eigenvalue weighted by Gasteiger charge is -1.99. The number of thiophene rings is 1. The molecule has 1 aromatic carbocycles. The van der Waals surface area contributed by atoms with E-state index in [1.807, 2.05) is 49.4 Å². The number of rotatable bonds is 6. The molecule has 2 heterocycles. The molecule has 4 nitrogen and oxygen atoms in total. The van der Waals surface area contributed by atoms with Gasteiger partial charge in [-0.05, 0) is 48.9 Å². The van der Waals surface area contributed by atoms with Crippen molar-refractivity contribution in [1.82, 2.24) is 4.98 Å². The lowest BCUT2D eigenvalue weighted by atomic mass is 10.0. The summed E-state index contributed by atoms with van der Waals surface area (Å²) in [6, 6.07) is 16.7. The van der Waals surface area contributed by atoms with Crippen molar-refractivity contribution in [2.24, 2.45) is 5.10 Å². The van der Waals surface area contributed by atoms with Crippen LogP contribution in [0.3, 0.4) is 0 Å². The minimum absolute atomic E-state index is 0.000384. The molecule has 0 spiro atoms. The molecule has 0 saturated heterocycles. The molecule has 0 bridgehead atoms. The van der Waals surface area contributed by atoms with Crippen LogP contribution in [0.1, 0.15) is 25.7 Å². The van der Waals surface area contributed by atoms with Crippen LogP contribution in [0, 0.1) is 6.92 Å². The number of nitrogens with one attached hydrogen (secondary N) is 1. The van der Waals surface area contributed by atoms with Crippen LogP contribution in [0.15, 0.2) is 65.8 Å². The Hall–Kier alpha value is -2.76. The molecule has 3 rings (SSSR count). The third-order valence-electron chi connectivity index (χ3n) is 3.54. The number of nitrogens with zero attached hydrogens (tertiary/aromatic N) is 2. The average Bonchev–Trinajstić information content (AvgIpc) is 3.08. The Bertz CT molecular complexity index is 978. The van der Waals surface area contributed by atoms with E-state index in [2.05, 4.69) is 15.5 Å². The molecule has 26 heavy (non-hydrogen) atoms. The summed E-state index contributed by atoms with van der Waals surface area (Å²) in [6.07, 6.45) is 5.12. The van der Waals surface area contributed by atoms with Crippen LogP contribution < -0.4 is 5.43 Å². The number of allylic oxidation sites excluding steroid dienone is 1. The first-order valence-electron chi connectivity index (χ1n) is 7.91. The molecule has 0 radical (unpaired) electrons. The number of carbonyl (C=O) groups is 1. The quantitative estimate of drug-likeness (QED) is 0.203. The topological polar surface area (TPSA) is 54.4 Å². The summed E-state index contributed by atoms with van der Waals surface area (Å²) in [4.78, 5) is 18.3. The fourth-order valence-corrected chi connectivity index (χ4v) is 3.21. The Labute approximate surface area is 160 Å². The van der Waals surface area contributed by atoms with Gasteiger partial charge in [-0.2, -0.15) is 5.10 Å². The summed E-state index contributed by atoms with van der Waals surface area (Å²) in [6.45, 7) is 1.93. The van der Waals surface area contributed by atoms with Gasteiger partial charge in [0.05, 0.1) is 6.21 Å². The predicted octanol–water partition coefficient (Wildman–Crippen LogP) is 5.45. The van der Waals surface area contributed by atoms with E-state index in [9.17, 15) is 4.79 Å². The van der Waals surface area contributed by atoms with Crippen LogP contribution >= 0.6 is 22.9 Å². The number of aromatic nitrogens is 1. The van der Waals surface area contributed by atoms with E-state index in [0.29, 0.717) is 11.0 Å². The molecule has 0 amide bonds. The zero-order chi connectivity index (χ0) is 18.4. The van der Waals surface area contributed by atoms with Crippen LogP contribution in [0.2, 0.25) is 5.15 Å². The number of benzene rings is 1. The highest BCUT2D eigenvalue weighted by Gasteiger charge is 2.04. The number of carbonyl (C=O) groups excluding carboxylic acids is 1. The van der Waals surface area contributed by atoms with Gasteiger partial charge in [-0.25, -0.2) is 4.98 Å². The monoisotopic (exact) mass is 381 g/mol. The zero-order valence-electron chi connectivity index (χ0n) is 14.0. The van der Waals surface area contributed by atoms with Crippen LogP contribution in [-0.2, 0) is 0 Å². The molecular weight excluding hydrogens is 366 g/mol. The molecule has 0 aliphatic rings. The van der Waals surface area contributed by atoms with Gasteiger partial charge in [-0.15, -0.1) is 11.3 Å². The molecule has 0 unspecified atom stereocenters. The number of aryl methyl sites for hydroxylation is 1. The van der Waals surface area contributed by atoms with E-state index in [4.69, 9.17) is 11.6 Å². The van der Waals surface area contributed by atoms with E-state index < -0.39 is 0 Å². The normalized spacial score (nSPS) is 11.3. The number of pyridine rings is 1. The standard InChI is InChI=1S/C20H16ClN3OS/c1-14-5-2-3-6-17(14)18(25)12-11-15-9-10-16(26-15)13-22-24-20-8-4-7-19(21)23-20/h2-13H,1H3,(H,23,24). The molecule has 1 N–H and O–H groups in total. The maximum Gasteiger partial charge on any atom is 0.186 e. The number of hydrazone groups is 1. The summed E-state index contributed by atoms with van der Waals surface area (Å²) < 4.78 is 0. The SMILES string of the molecule is Cc1ccccc1C(=O)C=Cc1ccc(C=NNc2cccc(Cl)n2)s1. The second-order valence-corrected chi connectivity index (χ2v) is 7.00. The highest BCUT2D eigenvalue weighted by atomic mass is 35.5. The predicted molar refractivity (Wildman–Crippen MR) is 109 cm³/mol. The van der Waals surface area contributed by atoms with Crippen molar-refractivity contribution in [1.29, 1.82) is 0 Å². The number of halogens is 1. The molecule has 3 aromatic rings. The number of hydrogen-bond donors (Lipinski definition) is 1. The van der Waals surface area contributed by atoms with E-state index in [1.54, 1.807) is 30.5 Å². The van der Waals surface area contributed by atoms with E-state index >= 15 is 0 Å². The van der Waals surface area contributed by atoms with Crippen LogP contribution in [0.4, 0.5) is 5.82 Å². The van der Waals surface area contributed by atoms with Gasteiger partial charge in [0, 0.05) is 15.3 Å². The van der Waals surface area contributed by atoms with E-state index in [1.165, 1.54) is 11.3 Å². The minimum atomic E-state index is 0.000384.